The van der Waals surface area contributed by atoms with Crippen LogP contribution < -0.4 is 5.73 Å². The molecule has 0 radical (unpaired) electrons. The molecule has 84 valence electrons. The van der Waals surface area contributed by atoms with Crippen molar-refractivity contribution in [2.75, 3.05) is 13.2 Å². The summed E-state index contributed by atoms with van der Waals surface area (Å²) in [4.78, 5) is 0. The van der Waals surface area contributed by atoms with Gasteiger partial charge in [0.25, 0.3) is 0 Å². The van der Waals surface area contributed by atoms with Gasteiger partial charge in [0.2, 0.25) is 0 Å². The Bertz CT molecular complexity index is 132. The van der Waals surface area contributed by atoms with Gasteiger partial charge in [0, 0.05) is 19.3 Å². The molecular weight excluding hydrogens is 174 g/mol. The molecule has 1 atom stereocenters. The molecule has 1 aliphatic rings. The molecule has 1 rings (SSSR count). The number of hydrogen-bond donors (Lipinski definition) is 1. The minimum atomic E-state index is 0.435. The van der Waals surface area contributed by atoms with Crippen LogP contribution in [0.2, 0.25) is 0 Å². The second-order valence-electron chi connectivity index (χ2n) is 4.55. The lowest BCUT2D eigenvalue weighted by molar-refractivity contribution is 0.0615. The third-order valence-corrected chi connectivity index (χ3v) is 3.16. The average Bonchev–Trinajstić information content (AvgIpc) is 2.20. The van der Waals surface area contributed by atoms with Gasteiger partial charge in [0.05, 0.1) is 0 Å². The Labute approximate surface area is 88.2 Å². The fourth-order valence-electron chi connectivity index (χ4n) is 2.18. The summed E-state index contributed by atoms with van der Waals surface area (Å²) >= 11 is 0. The highest BCUT2D eigenvalue weighted by atomic mass is 16.5. The zero-order chi connectivity index (χ0) is 10.2. The van der Waals surface area contributed by atoms with Crippen molar-refractivity contribution in [2.24, 2.45) is 11.7 Å². The third-order valence-electron chi connectivity index (χ3n) is 3.16. The van der Waals surface area contributed by atoms with Crippen LogP contribution in [0.3, 0.4) is 0 Å². The Kier molecular flexibility index (Phi) is 6.20. The van der Waals surface area contributed by atoms with Crippen molar-refractivity contribution in [1.82, 2.24) is 0 Å². The first kappa shape index (κ1) is 12.0. The van der Waals surface area contributed by atoms with Crippen molar-refractivity contribution in [3.8, 4) is 0 Å². The predicted octanol–water partition coefficient (Wildman–Crippen LogP) is 2.71. The summed E-state index contributed by atoms with van der Waals surface area (Å²) in [7, 11) is 0. The van der Waals surface area contributed by atoms with E-state index < -0.39 is 0 Å². The standard InChI is InChI=1S/C12H25NO/c1-2-3-4-5-12(13)10-11-6-8-14-9-7-11/h11-12H,2-10,13H2,1H3. The summed E-state index contributed by atoms with van der Waals surface area (Å²) in [5, 5.41) is 0. The molecule has 0 amide bonds. The van der Waals surface area contributed by atoms with Crippen LogP contribution in [0.25, 0.3) is 0 Å². The van der Waals surface area contributed by atoms with E-state index >= 15 is 0 Å². The number of hydrogen-bond acceptors (Lipinski definition) is 2. The molecule has 0 saturated carbocycles. The number of rotatable bonds is 6. The summed E-state index contributed by atoms with van der Waals surface area (Å²) in [5.41, 5.74) is 6.10. The highest BCUT2D eigenvalue weighted by Crippen LogP contribution is 2.21. The van der Waals surface area contributed by atoms with E-state index in [9.17, 15) is 0 Å². The van der Waals surface area contributed by atoms with Gasteiger partial charge in [0.1, 0.15) is 0 Å². The van der Waals surface area contributed by atoms with Crippen LogP contribution in [-0.4, -0.2) is 19.3 Å². The van der Waals surface area contributed by atoms with Gasteiger partial charge in [0.15, 0.2) is 0 Å². The van der Waals surface area contributed by atoms with Crippen LogP contribution in [0, 0.1) is 5.92 Å². The highest BCUT2D eigenvalue weighted by Gasteiger charge is 2.16. The summed E-state index contributed by atoms with van der Waals surface area (Å²) < 4.78 is 5.34. The minimum absolute atomic E-state index is 0.435. The maximum Gasteiger partial charge on any atom is 0.0468 e. The molecule has 2 N–H and O–H groups in total. The largest absolute Gasteiger partial charge is 0.381 e. The molecular formula is C12H25NO. The molecule has 0 aromatic rings. The molecule has 1 fully saturated rings. The SMILES string of the molecule is CCCCCC(N)CC1CCOCC1. The first-order chi connectivity index (χ1) is 6.83. The molecule has 1 aliphatic heterocycles. The smallest absolute Gasteiger partial charge is 0.0468 e. The van der Waals surface area contributed by atoms with Crippen molar-refractivity contribution < 1.29 is 4.74 Å². The van der Waals surface area contributed by atoms with E-state index in [-0.39, 0.29) is 0 Å². The van der Waals surface area contributed by atoms with Gasteiger partial charge >= 0.3 is 0 Å². The second-order valence-corrected chi connectivity index (χ2v) is 4.55. The summed E-state index contributed by atoms with van der Waals surface area (Å²) in [6, 6.07) is 0.435. The Morgan fingerprint density at radius 3 is 2.64 bits per heavy atom. The maximum atomic E-state index is 6.10. The summed E-state index contributed by atoms with van der Waals surface area (Å²) in [5.74, 6) is 0.834. The molecule has 2 nitrogen and oxygen atoms in total. The van der Waals surface area contributed by atoms with Gasteiger partial charge in [-0.15, -0.1) is 0 Å². The van der Waals surface area contributed by atoms with Gasteiger partial charge in [-0.3, -0.25) is 0 Å². The quantitative estimate of drug-likeness (QED) is 0.668. The van der Waals surface area contributed by atoms with E-state index in [1.165, 1.54) is 44.9 Å². The van der Waals surface area contributed by atoms with E-state index in [0.29, 0.717) is 6.04 Å². The lowest BCUT2D eigenvalue weighted by Gasteiger charge is -2.24. The Morgan fingerprint density at radius 1 is 1.29 bits per heavy atom. The topological polar surface area (TPSA) is 35.2 Å². The van der Waals surface area contributed by atoms with E-state index in [0.717, 1.165) is 19.1 Å². The Balaban J connectivity index is 2.03. The monoisotopic (exact) mass is 199 g/mol. The predicted molar refractivity (Wildman–Crippen MR) is 60.3 cm³/mol. The van der Waals surface area contributed by atoms with Crippen molar-refractivity contribution in [2.45, 2.75) is 57.9 Å². The van der Waals surface area contributed by atoms with Crippen molar-refractivity contribution in [3.05, 3.63) is 0 Å². The molecule has 0 aromatic heterocycles. The molecule has 0 bridgehead atoms. The molecule has 0 aliphatic carbocycles. The molecule has 2 heteroatoms. The van der Waals surface area contributed by atoms with Crippen molar-refractivity contribution >= 4 is 0 Å². The number of ether oxygens (including phenoxy) is 1. The summed E-state index contributed by atoms with van der Waals surface area (Å²) in [6.45, 7) is 4.14. The fourth-order valence-corrected chi connectivity index (χ4v) is 2.18. The molecule has 14 heavy (non-hydrogen) atoms. The number of nitrogens with two attached hydrogens (primary N) is 1. The van der Waals surface area contributed by atoms with E-state index in [1.54, 1.807) is 0 Å². The van der Waals surface area contributed by atoms with Crippen LogP contribution in [0.5, 0.6) is 0 Å². The van der Waals surface area contributed by atoms with Gasteiger partial charge in [-0.25, -0.2) is 0 Å². The molecule has 0 aromatic carbocycles. The van der Waals surface area contributed by atoms with E-state index in [4.69, 9.17) is 10.5 Å². The molecule has 1 saturated heterocycles. The first-order valence-corrected chi connectivity index (χ1v) is 6.16. The van der Waals surface area contributed by atoms with Crippen LogP contribution in [0.1, 0.15) is 51.9 Å². The summed E-state index contributed by atoms with van der Waals surface area (Å²) in [6.07, 6.45) is 8.81. The van der Waals surface area contributed by atoms with Crippen LogP contribution in [0.15, 0.2) is 0 Å². The van der Waals surface area contributed by atoms with Gasteiger partial charge in [-0.2, -0.15) is 0 Å². The van der Waals surface area contributed by atoms with E-state index in [2.05, 4.69) is 6.92 Å². The van der Waals surface area contributed by atoms with Crippen LogP contribution >= 0.6 is 0 Å². The van der Waals surface area contributed by atoms with Gasteiger partial charge in [-0.1, -0.05) is 26.2 Å². The van der Waals surface area contributed by atoms with Crippen molar-refractivity contribution in [3.63, 3.8) is 0 Å². The average molecular weight is 199 g/mol. The molecule has 0 spiro atoms. The van der Waals surface area contributed by atoms with Crippen LogP contribution in [-0.2, 0) is 4.74 Å². The normalized spacial score (nSPS) is 21.0. The Morgan fingerprint density at radius 2 is 2.00 bits per heavy atom. The zero-order valence-electron chi connectivity index (χ0n) is 9.50. The Hall–Kier alpha value is -0.0800. The minimum Gasteiger partial charge on any atom is -0.381 e. The maximum absolute atomic E-state index is 6.10. The second kappa shape index (κ2) is 7.24. The molecule has 1 heterocycles. The highest BCUT2D eigenvalue weighted by molar-refractivity contribution is 4.70. The van der Waals surface area contributed by atoms with Crippen molar-refractivity contribution in [1.29, 1.82) is 0 Å². The lowest BCUT2D eigenvalue weighted by Crippen LogP contribution is -2.26. The van der Waals surface area contributed by atoms with Gasteiger partial charge in [-0.05, 0) is 31.6 Å². The third kappa shape index (κ3) is 4.97. The first-order valence-electron chi connectivity index (χ1n) is 6.16. The molecule has 1 unspecified atom stereocenters. The number of unbranched alkanes of at least 4 members (excludes halogenated alkanes) is 2. The zero-order valence-corrected chi connectivity index (χ0v) is 9.50. The van der Waals surface area contributed by atoms with E-state index in [1.807, 2.05) is 0 Å². The fraction of sp³-hybridized carbons (Fsp3) is 1.00. The van der Waals surface area contributed by atoms with Gasteiger partial charge < -0.3 is 10.5 Å². The van der Waals surface area contributed by atoms with Crippen LogP contribution in [0.4, 0.5) is 0 Å². The lowest BCUT2D eigenvalue weighted by atomic mass is 9.91.